The zero-order valence-corrected chi connectivity index (χ0v) is 17.3. The summed E-state index contributed by atoms with van der Waals surface area (Å²) in [6.07, 6.45) is -1.25. The van der Waals surface area contributed by atoms with Gasteiger partial charge in [0.2, 0.25) is 17.1 Å². The average molecular weight is 465 g/mol. The fourth-order valence-electron chi connectivity index (χ4n) is 4.61. The SMILES string of the molecule is CC12OC(=N)C(C#N)(C1c1ccccc1)C(C#N)(C#N)C(c1ccc(F)c(Br)c1)O2. The van der Waals surface area contributed by atoms with Crippen LogP contribution in [-0.2, 0) is 9.47 Å². The highest BCUT2D eigenvalue weighted by molar-refractivity contribution is 9.10. The Labute approximate surface area is 180 Å². The van der Waals surface area contributed by atoms with E-state index in [9.17, 15) is 20.2 Å². The molecule has 30 heavy (non-hydrogen) atoms. The minimum absolute atomic E-state index is 0.123. The van der Waals surface area contributed by atoms with E-state index in [2.05, 4.69) is 22.0 Å². The number of halogens is 2. The lowest BCUT2D eigenvalue weighted by Crippen LogP contribution is -2.57. The smallest absolute Gasteiger partial charge is 0.218 e. The highest BCUT2D eigenvalue weighted by Gasteiger charge is 2.79. The van der Waals surface area contributed by atoms with Gasteiger partial charge < -0.3 is 9.47 Å². The molecule has 1 N–H and O–H groups in total. The van der Waals surface area contributed by atoms with Crippen molar-refractivity contribution in [3.05, 3.63) is 69.9 Å². The number of ether oxygens (including phenoxy) is 2. The Morgan fingerprint density at radius 2 is 1.70 bits per heavy atom. The number of fused-ring (bicyclic) bond motifs is 2. The van der Waals surface area contributed by atoms with E-state index in [1.807, 2.05) is 12.1 Å². The van der Waals surface area contributed by atoms with Crippen LogP contribution in [0, 0.1) is 56.0 Å². The molecule has 2 bridgehead atoms. The van der Waals surface area contributed by atoms with Gasteiger partial charge in [-0.15, -0.1) is 0 Å². The van der Waals surface area contributed by atoms with Crippen molar-refractivity contribution in [3.63, 3.8) is 0 Å². The van der Waals surface area contributed by atoms with Gasteiger partial charge in [-0.3, -0.25) is 5.41 Å². The van der Waals surface area contributed by atoms with Crippen LogP contribution in [-0.4, -0.2) is 11.7 Å². The molecular formula is C22H14BrFN4O2. The van der Waals surface area contributed by atoms with Crippen LogP contribution in [0.1, 0.15) is 30.1 Å². The molecule has 0 aromatic heterocycles. The van der Waals surface area contributed by atoms with Gasteiger partial charge >= 0.3 is 0 Å². The molecule has 2 aliphatic heterocycles. The second-order valence-corrected chi connectivity index (χ2v) is 8.27. The summed E-state index contributed by atoms with van der Waals surface area (Å²) in [4.78, 5) is 0. The number of nitrogens with zero attached hydrogens (tertiary/aromatic N) is 3. The molecule has 2 aliphatic rings. The number of rotatable bonds is 2. The Hall–Kier alpha value is -3.25. The predicted molar refractivity (Wildman–Crippen MR) is 106 cm³/mol. The molecule has 148 valence electrons. The van der Waals surface area contributed by atoms with Crippen LogP contribution in [0.5, 0.6) is 0 Å². The Morgan fingerprint density at radius 1 is 1.03 bits per heavy atom. The van der Waals surface area contributed by atoms with E-state index >= 15 is 0 Å². The number of hydrogen-bond donors (Lipinski definition) is 1. The van der Waals surface area contributed by atoms with Crippen molar-refractivity contribution in [2.45, 2.75) is 24.7 Å². The molecule has 2 fully saturated rings. The maximum atomic E-state index is 13.8. The topological polar surface area (TPSA) is 114 Å². The summed E-state index contributed by atoms with van der Waals surface area (Å²) in [5.74, 6) is -3.41. The van der Waals surface area contributed by atoms with Crippen LogP contribution in [0.15, 0.2) is 53.0 Å². The van der Waals surface area contributed by atoms with Gasteiger partial charge in [-0.1, -0.05) is 36.4 Å². The Balaban J connectivity index is 2.04. The highest BCUT2D eigenvalue weighted by atomic mass is 79.9. The van der Waals surface area contributed by atoms with Crippen molar-refractivity contribution < 1.29 is 13.9 Å². The summed E-state index contributed by atoms with van der Waals surface area (Å²) in [5, 5.41) is 39.3. The largest absolute Gasteiger partial charge is 0.447 e. The van der Waals surface area contributed by atoms with Gasteiger partial charge in [-0.2, -0.15) is 15.8 Å². The molecule has 8 heteroatoms. The fraction of sp³-hybridized carbons (Fsp3) is 0.273. The Morgan fingerprint density at radius 3 is 2.27 bits per heavy atom. The van der Waals surface area contributed by atoms with E-state index in [0.29, 0.717) is 11.1 Å². The summed E-state index contributed by atoms with van der Waals surface area (Å²) in [5.41, 5.74) is -3.12. The molecule has 0 saturated carbocycles. The first-order valence-corrected chi connectivity index (χ1v) is 9.78. The lowest BCUT2D eigenvalue weighted by atomic mass is 9.52. The zero-order chi connectivity index (χ0) is 21.7. The molecule has 0 amide bonds. The molecule has 2 aromatic rings. The molecule has 6 nitrogen and oxygen atoms in total. The quantitative estimate of drug-likeness (QED) is 0.690. The van der Waals surface area contributed by atoms with Gasteiger partial charge in [-0.05, 0) is 39.2 Å². The normalized spacial score (nSPS) is 31.1. The third-order valence-electron chi connectivity index (χ3n) is 5.90. The Kier molecular flexibility index (Phi) is 4.43. The van der Waals surface area contributed by atoms with Crippen LogP contribution >= 0.6 is 15.9 Å². The molecule has 4 unspecified atom stereocenters. The van der Waals surface area contributed by atoms with Gasteiger partial charge in [0.1, 0.15) is 11.9 Å². The monoisotopic (exact) mass is 464 g/mol. The first-order valence-electron chi connectivity index (χ1n) is 8.99. The molecule has 2 heterocycles. The molecule has 2 saturated heterocycles. The first kappa shape index (κ1) is 20.0. The third kappa shape index (κ3) is 2.31. The van der Waals surface area contributed by atoms with Crippen molar-refractivity contribution in [1.82, 2.24) is 0 Å². The van der Waals surface area contributed by atoms with E-state index in [4.69, 9.17) is 14.9 Å². The maximum absolute atomic E-state index is 13.8. The van der Waals surface area contributed by atoms with Crippen LogP contribution in [0.4, 0.5) is 4.39 Å². The minimum atomic E-state index is -2.12. The van der Waals surface area contributed by atoms with Crippen LogP contribution in [0.2, 0.25) is 0 Å². The van der Waals surface area contributed by atoms with Gasteiger partial charge in [0.05, 0.1) is 28.6 Å². The lowest BCUT2D eigenvalue weighted by molar-refractivity contribution is -0.253. The summed E-state index contributed by atoms with van der Waals surface area (Å²) < 4.78 is 25.9. The second-order valence-electron chi connectivity index (χ2n) is 7.41. The standard InChI is InChI=1S/C22H14BrFN4O2/c1-20-17(13-5-3-2-4-6-13)22(12-27,19(28)30-20)21(10-25,11-26)18(29-20)14-7-8-16(24)15(23)9-14/h2-9,17-18,28H,1H3. The van der Waals surface area contributed by atoms with Crippen LogP contribution in [0.25, 0.3) is 0 Å². The number of hydrogen-bond acceptors (Lipinski definition) is 6. The third-order valence-corrected chi connectivity index (χ3v) is 6.50. The highest BCUT2D eigenvalue weighted by Crippen LogP contribution is 2.69. The molecular weight excluding hydrogens is 451 g/mol. The van der Waals surface area contributed by atoms with Gasteiger partial charge in [0.15, 0.2) is 5.41 Å². The molecule has 0 spiro atoms. The predicted octanol–water partition coefficient (Wildman–Crippen LogP) is 4.71. The van der Waals surface area contributed by atoms with Crippen molar-refractivity contribution in [2.24, 2.45) is 10.8 Å². The molecule has 0 radical (unpaired) electrons. The van der Waals surface area contributed by atoms with E-state index in [0.717, 1.165) is 0 Å². The summed E-state index contributed by atoms with van der Waals surface area (Å²) in [7, 11) is 0. The van der Waals surface area contributed by atoms with Crippen molar-refractivity contribution >= 4 is 21.8 Å². The zero-order valence-electron chi connectivity index (χ0n) is 15.7. The van der Waals surface area contributed by atoms with E-state index in [-0.39, 0.29) is 4.47 Å². The maximum Gasteiger partial charge on any atom is 0.218 e. The molecule has 4 atom stereocenters. The lowest BCUT2D eigenvalue weighted by Gasteiger charge is -2.48. The van der Waals surface area contributed by atoms with E-state index in [1.165, 1.54) is 18.2 Å². The summed E-state index contributed by atoms with van der Waals surface area (Å²) >= 11 is 3.11. The molecule has 2 aromatic carbocycles. The second kappa shape index (κ2) is 6.64. The Bertz CT molecular complexity index is 1170. The van der Waals surface area contributed by atoms with E-state index < -0.39 is 40.4 Å². The van der Waals surface area contributed by atoms with Crippen LogP contribution < -0.4 is 0 Å². The van der Waals surface area contributed by atoms with Crippen molar-refractivity contribution in [1.29, 1.82) is 21.2 Å². The van der Waals surface area contributed by atoms with Gasteiger partial charge in [-0.25, -0.2) is 4.39 Å². The van der Waals surface area contributed by atoms with Gasteiger partial charge in [0.25, 0.3) is 0 Å². The summed E-state index contributed by atoms with van der Waals surface area (Å²) in [6.45, 7) is 1.59. The summed E-state index contributed by atoms with van der Waals surface area (Å²) in [6, 6.07) is 18.8. The number of nitriles is 3. The molecule has 4 rings (SSSR count). The average Bonchev–Trinajstić information content (AvgIpc) is 2.93. The number of nitrogens with one attached hydrogen (secondary N) is 1. The molecule has 0 aliphatic carbocycles. The fourth-order valence-corrected chi connectivity index (χ4v) is 5.00. The van der Waals surface area contributed by atoms with Crippen molar-refractivity contribution in [3.8, 4) is 18.2 Å². The van der Waals surface area contributed by atoms with Gasteiger partial charge in [0, 0.05) is 6.92 Å². The van der Waals surface area contributed by atoms with Crippen molar-refractivity contribution in [2.75, 3.05) is 0 Å². The van der Waals surface area contributed by atoms with E-state index in [1.54, 1.807) is 37.3 Å². The first-order chi connectivity index (χ1) is 14.3. The minimum Gasteiger partial charge on any atom is -0.447 e. The van der Waals surface area contributed by atoms with Crippen LogP contribution in [0.3, 0.4) is 0 Å². The number of benzene rings is 2.